The van der Waals surface area contributed by atoms with Crippen LogP contribution in [-0.4, -0.2) is 42.6 Å². The molecule has 0 spiro atoms. The van der Waals surface area contributed by atoms with E-state index in [1.807, 2.05) is 48.5 Å². The summed E-state index contributed by atoms with van der Waals surface area (Å²) in [5, 5.41) is 12.9. The van der Waals surface area contributed by atoms with Gasteiger partial charge in [0.2, 0.25) is 5.91 Å². The van der Waals surface area contributed by atoms with Crippen molar-refractivity contribution in [3.05, 3.63) is 59.8 Å². The summed E-state index contributed by atoms with van der Waals surface area (Å²) >= 11 is 0. The fourth-order valence-electron chi connectivity index (χ4n) is 4.73. The Bertz CT molecular complexity index is 1180. The molecule has 1 amide bonds. The number of anilines is 1. The van der Waals surface area contributed by atoms with Crippen LogP contribution in [0.2, 0.25) is 0 Å². The predicted octanol–water partition coefficient (Wildman–Crippen LogP) is 4.09. The Morgan fingerprint density at radius 1 is 1.12 bits per heavy atom. The fraction of sp³-hybridized carbons (Fsp3) is 0.407. The van der Waals surface area contributed by atoms with Gasteiger partial charge in [0.05, 0.1) is 24.2 Å². The smallest absolute Gasteiger partial charge is 0.243 e. The number of carbonyl (C=O) groups excluding carboxylic acids is 1. The van der Waals surface area contributed by atoms with Crippen LogP contribution in [0.15, 0.2) is 48.5 Å². The summed E-state index contributed by atoms with van der Waals surface area (Å²) in [4.78, 5) is 25.0. The third-order valence-corrected chi connectivity index (χ3v) is 6.28. The first-order valence-corrected chi connectivity index (χ1v) is 11.8. The largest absolute Gasteiger partial charge is 0.497 e. The lowest BCUT2D eigenvalue weighted by molar-refractivity contribution is -0.121. The van der Waals surface area contributed by atoms with Gasteiger partial charge in [-0.2, -0.15) is 5.26 Å². The maximum atomic E-state index is 13.1. The molecule has 34 heavy (non-hydrogen) atoms. The number of ether oxygens (including phenoxy) is 1. The van der Waals surface area contributed by atoms with Gasteiger partial charge in [0, 0.05) is 19.6 Å². The molecule has 1 saturated heterocycles. The summed E-state index contributed by atoms with van der Waals surface area (Å²) in [6, 6.07) is 17.5. The number of para-hydroxylation sites is 2. The van der Waals surface area contributed by atoms with E-state index < -0.39 is 5.92 Å². The van der Waals surface area contributed by atoms with E-state index in [4.69, 9.17) is 14.7 Å². The first-order chi connectivity index (χ1) is 16.5. The van der Waals surface area contributed by atoms with Crippen LogP contribution in [0.1, 0.15) is 37.4 Å². The molecule has 1 fully saturated rings. The van der Waals surface area contributed by atoms with Gasteiger partial charge in [-0.1, -0.05) is 38.1 Å². The predicted molar refractivity (Wildman–Crippen MR) is 133 cm³/mol. The number of aromatic nitrogens is 2. The van der Waals surface area contributed by atoms with Crippen LogP contribution in [0.3, 0.4) is 0 Å². The number of nitrogens with one attached hydrogen (secondary N) is 1. The van der Waals surface area contributed by atoms with Gasteiger partial charge in [0.25, 0.3) is 0 Å². The number of methoxy groups -OCH3 is 1. The van der Waals surface area contributed by atoms with Gasteiger partial charge in [-0.3, -0.25) is 4.79 Å². The van der Waals surface area contributed by atoms with E-state index in [0.717, 1.165) is 36.3 Å². The monoisotopic (exact) mass is 457 g/mol. The molecule has 1 aromatic heterocycles. The molecule has 4 rings (SSSR count). The SMILES string of the molecule is COc1ccc(CCNC(=O)[C@H](C#N)c2nc3ccccc3nc2N2C[C@H](C)C[C@H](C)C2)cc1. The van der Waals surface area contributed by atoms with E-state index in [0.29, 0.717) is 41.8 Å². The Labute approximate surface area is 200 Å². The minimum Gasteiger partial charge on any atom is -0.497 e. The van der Waals surface area contributed by atoms with Crippen LogP contribution in [-0.2, 0) is 11.2 Å². The van der Waals surface area contributed by atoms with Gasteiger partial charge in [-0.05, 0) is 54.5 Å². The average Bonchev–Trinajstić information content (AvgIpc) is 2.84. The maximum absolute atomic E-state index is 13.1. The molecule has 7 heteroatoms. The summed E-state index contributed by atoms with van der Waals surface area (Å²) in [5.41, 5.74) is 2.97. The molecule has 176 valence electrons. The molecule has 2 heterocycles. The first kappa shape index (κ1) is 23.5. The van der Waals surface area contributed by atoms with E-state index in [1.165, 1.54) is 0 Å². The van der Waals surface area contributed by atoms with Crippen LogP contribution in [0.5, 0.6) is 5.75 Å². The van der Waals surface area contributed by atoms with Crippen molar-refractivity contribution >= 4 is 22.8 Å². The maximum Gasteiger partial charge on any atom is 0.243 e. The Hall–Kier alpha value is -3.66. The molecule has 0 bridgehead atoms. The van der Waals surface area contributed by atoms with Crippen molar-refractivity contribution in [2.75, 3.05) is 31.6 Å². The molecule has 2 aromatic carbocycles. The number of rotatable bonds is 7. The lowest BCUT2D eigenvalue weighted by Crippen LogP contribution is -2.40. The number of fused-ring (bicyclic) bond motifs is 1. The zero-order valence-electron chi connectivity index (χ0n) is 20.0. The second-order valence-electron chi connectivity index (χ2n) is 9.22. The Morgan fingerprint density at radius 3 is 2.38 bits per heavy atom. The topological polar surface area (TPSA) is 91.1 Å². The van der Waals surface area contributed by atoms with Crippen LogP contribution in [0, 0.1) is 23.2 Å². The highest BCUT2D eigenvalue weighted by atomic mass is 16.5. The molecule has 0 aliphatic carbocycles. The number of hydrogen-bond acceptors (Lipinski definition) is 6. The van der Waals surface area contributed by atoms with E-state index in [2.05, 4.69) is 30.1 Å². The summed E-state index contributed by atoms with van der Waals surface area (Å²) in [6.07, 6.45) is 1.81. The Balaban J connectivity index is 1.57. The summed E-state index contributed by atoms with van der Waals surface area (Å²) in [5.74, 6) is 1.07. The fourth-order valence-corrected chi connectivity index (χ4v) is 4.73. The molecule has 1 aliphatic rings. The van der Waals surface area contributed by atoms with Gasteiger partial charge in [0.1, 0.15) is 11.4 Å². The van der Waals surface area contributed by atoms with Crippen molar-refractivity contribution < 1.29 is 9.53 Å². The molecule has 0 unspecified atom stereocenters. The van der Waals surface area contributed by atoms with Crippen molar-refractivity contribution in [3.63, 3.8) is 0 Å². The summed E-state index contributed by atoms with van der Waals surface area (Å²) in [7, 11) is 1.63. The van der Waals surface area contributed by atoms with Gasteiger partial charge < -0.3 is 15.0 Å². The zero-order valence-corrected chi connectivity index (χ0v) is 20.0. The number of nitriles is 1. The molecule has 0 saturated carbocycles. The first-order valence-electron chi connectivity index (χ1n) is 11.8. The van der Waals surface area contributed by atoms with E-state index in [1.54, 1.807) is 7.11 Å². The molecule has 3 atom stereocenters. The van der Waals surface area contributed by atoms with Crippen molar-refractivity contribution in [1.82, 2.24) is 15.3 Å². The standard InChI is InChI=1S/C27H31N5O2/c1-18-14-19(2)17-32(16-18)26-25(30-23-6-4-5-7-24(23)31-26)22(15-28)27(33)29-13-12-20-8-10-21(34-3)11-9-20/h4-11,18-19,22H,12-14,16-17H2,1-3H3,(H,29,33)/t18-,19+,22-/m1/s1. The quantitative estimate of drug-likeness (QED) is 0.575. The van der Waals surface area contributed by atoms with Crippen molar-refractivity contribution in [3.8, 4) is 11.8 Å². The zero-order chi connectivity index (χ0) is 24.1. The average molecular weight is 458 g/mol. The lowest BCUT2D eigenvalue weighted by atomic mass is 9.91. The van der Waals surface area contributed by atoms with Crippen LogP contribution in [0.4, 0.5) is 5.82 Å². The van der Waals surface area contributed by atoms with Gasteiger partial charge in [-0.15, -0.1) is 0 Å². The van der Waals surface area contributed by atoms with E-state index >= 15 is 0 Å². The third kappa shape index (κ3) is 5.28. The van der Waals surface area contributed by atoms with Gasteiger partial charge in [-0.25, -0.2) is 9.97 Å². The van der Waals surface area contributed by atoms with Crippen molar-refractivity contribution in [2.45, 2.75) is 32.6 Å². The summed E-state index contributed by atoms with van der Waals surface area (Å²) in [6.45, 7) is 6.55. The molecule has 1 aliphatic heterocycles. The Morgan fingerprint density at radius 2 is 1.76 bits per heavy atom. The molecule has 3 aromatic rings. The van der Waals surface area contributed by atoms with Gasteiger partial charge >= 0.3 is 0 Å². The minimum absolute atomic E-state index is 0.347. The number of benzene rings is 2. The second kappa shape index (κ2) is 10.5. The number of hydrogen-bond donors (Lipinski definition) is 1. The van der Waals surface area contributed by atoms with Crippen LogP contribution < -0.4 is 15.0 Å². The van der Waals surface area contributed by atoms with Crippen LogP contribution in [0.25, 0.3) is 11.0 Å². The number of carbonyl (C=O) groups is 1. The normalized spacial score (nSPS) is 18.8. The van der Waals surface area contributed by atoms with Crippen LogP contribution >= 0.6 is 0 Å². The summed E-state index contributed by atoms with van der Waals surface area (Å²) < 4.78 is 5.19. The Kier molecular flexibility index (Phi) is 7.27. The molecule has 1 N–H and O–H groups in total. The highest BCUT2D eigenvalue weighted by Gasteiger charge is 2.31. The highest BCUT2D eigenvalue weighted by molar-refractivity contribution is 5.88. The highest BCUT2D eigenvalue weighted by Crippen LogP contribution is 2.31. The lowest BCUT2D eigenvalue weighted by Gasteiger charge is -2.36. The number of amides is 1. The minimum atomic E-state index is -1.03. The number of nitrogens with zero attached hydrogens (tertiary/aromatic N) is 4. The van der Waals surface area contributed by atoms with Gasteiger partial charge in [0.15, 0.2) is 11.7 Å². The molecule has 0 radical (unpaired) electrons. The van der Waals surface area contributed by atoms with Crippen molar-refractivity contribution in [1.29, 1.82) is 5.26 Å². The number of piperidine rings is 1. The van der Waals surface area contributed by atoms with E-state index in [9.17, 15) is 10.1 Å². The van der Waals surface area contributed by atoms with E-state index in [-0.39, 0.29) is 5.91 Å². The molecular formula is C27H31N5O2. The second-order valence-corrected chi connectivity index (χ2v) is 9.22. The third-order valence-electron chi connectivity index (χ3n) is 6.28. The molecule has 7 nitrogen and oxygen atoms in total. The molecular weight excluding hydrogens is 426 g/mol. The van der Waals surface area contributed by atoms with Crippen molar-refractivity contribution in [2.24, 2.45) is 11.8 Å².